The fourth-order valence-corrected chi connectivity index (χ4v) is 2.80. The van der Waals surface area contributed by atoms with E-state index in [1.807, 2.05) is 0 Å². The number of hydrogen-bond donors (Lipinski definition) is 3. The van der Waals surface area contributed by atoms with Crippen molar-refractivity contribution >= 4 is 15.7 Å². The largest absolute Gasteiger partial charge is 0.396 e. The Bertz CT molecular complexity index is 460. The van der Waals surface area contributed by atoms with Gasteiger partial charge in [0.05, 0.1) is 5.69 Å². The van der Waals surface area contributed by atoms with E-state index in [9.17, 15) is 8.42 Å². The monoisotopic (exact) mass is 272 g/mol. The third kappa shape index (κ3) is 4.29. The molecule has 0 unspecified atom stereocenters. The van der Waals surface area contributed by atoms with Crippen LogP contribution >= 0.6 is 0 Å². The van der Waals surface area contributed by atoms with E-state index in [2.05, 4.69) is 10.0 Å². The number of anilines is 1. The molecule has 102 valence electrons. The van der Waals surface area contributed by atoms with Gasteiger partial charge in [0, 0.05) is 19.7 Å². The summed E-state index contributed by atoms with van der Waals surface area (Å²) in [5, 5.41) is 11.8. The van der Waals surface area contributed by atoms with Gasteiger partial charge in [-0.05, 0) is 25.0 Å². The summed E-state index contributed by atoms with van der Waals surface area (Å²) in [6.45, 7) is 2.90. The number of rotatable bonds is 8. The standard InChI is InChI=1S/C12H20N2O3S/c1-2-14-18(16,17)12-8-4-3-7-11(12)13-9-5-6-10-15/h3-4,7-8,13-15H,2,5-6,9-10H2,1H3. The maximum Gasteiger partial charge on any atom is 0.242 e. The molecule has 0 fully saturated rings. The van der Waals surface area contributed by atoms with E-state index in [1.54, 1.807) is 31.2 Å². The zero-order chi connectivity index (χ0) is 13.4. The lowest BCUT2D eigenvalue weighted by Crippen LogP contribution is -2.24. The number of para-hydroxylation sites is 1. The number of unbranched alkanes of at least 4 members (excludes halogenated alkanes) is 1. The van der Waals surface area contributed by atoms with Crippen LogP contribution in [0.15, 0.2) is 29.2 Å². The second-order valence-electron chi connectivity index (χ2n) is 3.85. The number of hydrogen-bond acceptors (Lipinski definition) is 4. The lowest BCUT2D eigenvalue weighted by Gasteiger charge is -2.12. The maximum absolute atomic E-state index is 12.0. The van der Waals surface area contributed by atoms with E-state index in [4.69, 9.17) is 5.11 Å². The van der Waals surface area contributed by atoms with Gasteiger partial charge in [0.2, 0.25) is 10.0 Å². The van der Waals surface area contributed by atoms with Gasteiger partial charge in [-0.2, -0.15) is 0 Å². The van der Waals surface area contributed by atoms with Crippen molar-refractivity contribution in [3.8, 4) is 0 Å². The molecule has 1 aromatic rings. The molecule has 0 amide bonds. The van der Waals surface area contributed by atoms with Crippen LogP contribution < -0.4 is 10.0 Å². The van der Waals surface area contributed by atoms with Crippen LogP contribution in [0.4, 0.5) is 5.69 Å². The zero-order valence-corrected chi connectivity index (χ0v) is 11.3. The Morgan fingerprint density at radius 3 is 2.61 bits per heavy atom. The summed E-state index contributed by atoms with van der Waals surface area (Å²) in [5.41, 5.74) is 0.594. The van der Waals surface area contributed by atoms with Gasteiger partial charge in [0.1, 0.15) is 4.90 Å². The molecule has 6 heteroatoms. The normalized spacial score (nSPS) is 11.4. The van der Waals surface area contributed by atoms with Crippen LogP contribution in [0.3, 0.4) is 0 Å². The summed E-state index contributed by atoms with van der Waals surface area (Å²) in [6, 6.07) is 6.80. The highest BCUT2D eigenvalue weighted by Crippen LogP contribution is 2.20. The molecule has 0 saturated carbocycles. The molecule has 0 atom stereocenters. The summed E-state index contributed by atoms with van der Waals surface area (Å²) in [6.07, 6.45) is 1.50. The van der Waals surface area contributed by atoms with Crippen molar-refractivity contribution < 1.29 is 13.5 Å². The highest BCUT2D eigenvalue weighted by Gasteiger charge is 2.16. The number of aliphatic hydroxyl groups excluding tert-OH is 1. The topological polar surface area (TPSA) is 78.4 Å². The molecule has 0 spiro atoms. The number of aliphatic hydroxyl groups is 1. The van der Waals surface area contributed by atoms with Crippen molar-refractivity contribution in [3.63, 3.8) is 0 Å². The van der Waals surface area contributed by atoms with Crippen molar-refractivity contribution in [3.05, 3.63) is 24.3 Å². The Morgan fingerprint density at radius 1 is 1.22 bits per heavy atom. The SMILES string of the molecule is CCNS(=O)(=O)c1ccccc1NCCCCO. The van der Waals surface area contributed by atoms with E-state index >= 15 is 0 Å². The van der Waals surface area contributed by atoms with Crippen LogP contribution in [0, 0.1) is 0 Å². The third-order valence-corrected chi connectivity index (χ3v) is 4.02. The lowest BCUT2D eigenvalue weighted by molar-refractivity contribution is 0.286. The zero-order valence-electron chi connectivity index (χ0n) is 10.5. The second kappa shape index (κ2) is 7.35. The minimum atomic E-state index is -3.45. The van der Waals surface area contributed by atoms with Crippen molar-refractivity contribution in [2.75, 3.05) is 25.0 Å². The third-order valence-electron chi connectivity index (χ3n) is 2.41. The Morgan fingerprint density at radius 2 is 1.94 bits per heavy atom. The van der Waals surface area contributed by atoms with E-state index < -0.39 is 10.0 Å². The predicted octanol–water partition coefficient (Wildman–Crippen LogP) is 1.17. The van der Waals surface area contributed by atoms with Crippen molar-refractivity contribution in [2.24, 2.45) is 0 Å². The molecule has 1 rings (SSSR count). The molecule has 0 aliphatic heterocycles. The van der Waals surface area contributed by atoms with Gasteiger partial charge in [0.25, 0.3) is 0 Å². The Labute approximate surface area is 108 Å². The first-order valence-electron chi connectivity index (χ1n) is 6.05. The van der Waals surface area contributed by atoms with Crippen molar-refractivity contribution in [1.82, 2.24) is 4.72 Å². The number of nitrogens with one attached hydrogen (secondary N) is 2. The van der Waals surface area contributed by atoms with E-state index in [0.717, 1.165) is 6.42 Å². The van der Waals surface area contributed by atoms with Gasteiger partial charge in [-0.3, -0.25) is 0 Å². The fourth-order valence-electron chi connectivity index (χ4n) is 1.57. The highest BCUT2D eigenvalue weighted by atomic mass is 32.2. The Balaban J connectivity index is 2.80. The number of sulfonamides is 1. The maximum atomic E-state index is 12.0. The molecule has 0 aromatic heterocycles. The van der Waals surface area contributed by atoms with Crippen LogP contribution in [0.2, 0.25) is 0 Å². The average molecular weight is 272 g/mol. The van der Waals surface area contributed by atoms with Gasteiger partial charge in [0.15, 0.2) is 0 Å². The molecule has 0 aliphatic carbocycles. The smallest absolute Gasteiger partial charge is 0.242 e. The Hall–Kier alpha value is -1.11. The summed E-state index contributed by atoms with van der Waals surface area (Å²) >= 11 is 0. The highest BCUT2D eigenvalue weighted by molar-refractivity contribution is 7.89. The molecule has 0 radical (unpaired) electrons. The minimum absolute atomic E-state index is 0.152. The molecule has 0 bridgehead atoms. The molecule has 0 heterocycles. The summed E-state index contributed by atoms with van der Waals surface area (Å²) < 4.78 is 26.4. The minimum Gasteiger partial charge on any atom is -0.396 e. The van der Waals surface area contributed by atoms with Gasteiger partial charge in [-0.25, -0.2) is 13.1 Å². The van der Waals surface area contributed by atoms with Gasteiger partial charge < -0.3 is 10.4 Å². The van der Waals surface area contributed by atoms with Crippen LogP contribution in [0.1, 0.15) is 19.8 Å². The first-order chi connectivity index (χ1) is 8.61. The summed E-state index contributed by atoms with van der Waals surface area (Å²) in [4.78, 5) is 0.260. The van der Waals surface area contributed by atoms with E-state index in [1.165, 1.54) is 0 Å². The van der Waals surface area contributed by atoms with Gasteiger partial charge in [-0.1, -0.05) is 19.1 Å². The molecule has 5 nitrogen and oxygen atoms in total. The molecular formula is C12H20N2O3S. The second-order valence-corrected chi connectivity index (χ2v) is 5.59. The fraction of sp³-hybridized carbons (Fsp3) is 0.500. The van der Waals surface area contributed by atoms with Crippen LogP contribution in [-0.4, -0.2) is 33.2 Å². The van der Waals surface area contributed by atoms with Crippen LogP contribution in [0.25, 0.3) is 0 Å². The van der Waals surface area contributed by atoms with E-state index in [-0.39, 0.29) is 11.5 Å². The van der Waals surface area contributed by atoms with Crippen LogP contribution in [-0.2, 0) is 10.0 Å². The molecule has 18 heavy (non-hydrogen) atoms. The van der Waals surface area contributed by atoms with Gasteiger partial charge >= 0.3 is 0 Å². The van der Waals surface area contributed by atoms with Crippen LogP contribution in [0.5, 0.6) is 0 Å². The summed E-state index contributed by atoms with van der Waals surface area (Å²) in [5.74, 6) is 0. The molecule has 0 aliphatic rings. The van der Waals surface area contributed by atoms with Crippen molar-refractivity contribution in [2.45, 2.75) is 24.7 Å². The lowest BCUT2D eigenvalue weighted by atomic mass is 10.3. The number of benzene rings is 1. The summed E-state index contributed by atoms with van der Waals surface area (Å²) in [7, 11) is -3.45. The first-order valence-corrected chi connectivity index (χ1v) is 7.53. The van der Waals surface area contributed by atoms with Crippen molar-refractivity contribution in [1.29, 1.82) is 0 Å². The molecular weight excluding hydrogens is 252 g/mol. The molecule has 0 saturated heterocycles. The first kappa shape index (κ1) is 14.9. The molecule has 1 aromatic carbocycles. The van der Waals surface area contributed by atoms with Gasteiger partial charge in [-0.15, -0.1) is 0 Å². The Kier molecular flexibility index (Phi) is 6.11. The average Bonchev–Trinajstić information content (AvgIpc) is 2.35. The molecule has 3 N–H and O–H groups in total. The predicted molar refractivity (Wildman–Crippen MR) is 72.1 cm³/mol. The quantitative estimate of drug-likeness (QED) is 0.621. The van der Waals surface area contributed by atoms with E-state index in [0.29, 0.717) is 25.2 Å².